The SMILES string of the molecule is CC(=O)c1cccc(NC(=O)Cn2cccc3c(=O)n(Cc4cccnc4)c(=O)nc2-3)c1. The first-order chi connectivity index (χ1) is 15.4. The van der Waals surface area contributed by atoms with E-state index in [1.54, 1.807) is 67.1 Å². The van der Waals surface area contributed by atoms with Crippen molar-refractivity contribution < 1.29 is 9.59 Å². The van der Waals surface area contributed by atoms with Gasteiger partial charge in [-0.3, -0.25) is 23.9 Å². The first kappa shape index (κ1) is 20.9. The third-order valence-electron chi connectivity index (χ3n) is 4.88. The second-order valence-corrected chi connectivity index (χ2v) is 7.21. The van der Waals surface area contributed by atoms with Crippen LogP contribution in [0.3, 0.4) is 0 Å². The second kappa shape index (κ2) is 8.76. The maximum atomic E-state index is 12.9. The van der Waals surface area contributed by atoms with Gasteiger partial charge in [-0.2, -0.15) is 4.98 Å². The lowest BCUT2D eigenvalue weighted by Crippen LogP contribution is -2.38. The van der Waals surface area contributed by atoms with Crippen LogP contribution in [0.2, 0.25) is 0 Å². The van der Waals surface area contributed by atoms with Crippen LogP contribution in [0.5, 0.6) is 0 Å². The van der Waals surface area contributed by atoms with E-state index in [0.717, 1.165) is 4.57 Å². The molecule has 0 atom stereocenters. The number of benzene rings is 1. The van der Waals surface area contributed by atoms with E-state index in [4.69, 9.17) is 0 Å². The van der Waals surface area contributed by atoms with Gasteiger partial charge in [0.15, 0.2) is 11.6 Å². The Morgan fingerprint density at radius 3 is 2.66 bits per heavy atom. The first-order valence-corrected chi connectivity index (χ1v) is 9.82. The molecule has 0 aliphatic carbocycles. The van der Waals surface area contributed by atoms with Crippen molar-refractivity contribution in [3.05, 3.63) is 99.1 Å². The van der Waals surface area contributed by atoms with Crippen LogP contribution in [-0.4, -0.2) is 30.8 Å². The van der Waals surface area contributed by atoms with Gasteiger partial charge in [0.1, 0.15) is 6.54 Å². The average Bonchev–Trinajstić information content (AvgIpc) is 2.78. The van der Waals surface area contributed by atoms with Gasteiger partial charge in [0.2, 0.25) is 5.91 Å². The number of rotatable bonds is 6. The highest BCUT2D eigenvalue weighted by Gasteiger charge is 2.18. The molecule has 3 heterocycles. The zero-order valence-electron chi connectivity index (χ0n) is 17.2. The van der Waals surface area contributed by atoms with Gasteiger partial charge < -0.3 is 9.88 Å². The van der Waals surface area contributed by atoms with Crippen molar-refractivity contribution in [2.75, 3.05) is 5.32 Å². The molecule has 0 bridgehead atoms. The topological polar surface area (TPSA) is 116 Å². The van der Waals surface area contributed by atoms with E-state index in [1.807, 2.05) is 0 Å². The van der Waals surface area contributed by atoms with E-state index in [1.165, 1.54) is 11.5 Å². The molecular weight excluding hydrogens is 410 g/mol. The number of nitrogens with one attached hydrogen (secondary N) is 1. The van der Waals surface area contributed by atoms with Gasteiger partial charge in [-0.25, -0.2) is 4.79 Å². The highest BCUT2D eigenvalue weighted by Crippen LogP contribution is 2.15. The number of carbonyl (C=O) groups excluding carboxylic acids is 2. The Balaban J connectivity index is 1.62. The van der Waals surface area contributed by atoms with E-state index in [0.29, 0.717) is 16.8 Å². The van der Waals surface area contributed by atoms with Crippen LogP contribution in [-0.2, 0) is 17.9 Å². The molecule has 0 unspecified atom stereocenters. The zero-order chi connectivity index (χ0) is 22.7. The van der Waals surface area contributed by atoms with Crippen LogP contribution in [0.1, 0.15) is 22.8 Å². The van der Waals surface area contributed by atoms with Crippen molar-refractivity contribution in [2.24, 2.45) is 0 Å². The Bertz CT molecular complexity index is 1390. The second-order valence-electron chi connectivity index (χ2n) is 7.21. The third kappa shape index (κ3) is 4.36. The number of nitrogens with zero attached hydrogens (tertiary/aromatic N) is 4. The smallest absolute Gasteiger partial charge is 0.325 e. The molecule has 0 radical (unpaired) electrons. The first-order valence-electron chi connectivity index (χ1n) is 9.82. The summed E-state index contributed by atoms with van der Waals surface area (Å²) in [6.07, 6.45) is 4.76. The molecule has 32 heavy (non-hydrogen) atoms. The number of aromatic nitrogens is 4. The molecule has 1 N–H and O–H groups in total. The molecule has 1 amide bonds. The monoisotopic (exact) mass is 429 g/mol. The van der Waals surface area contributed by atoms with Crippen molar-refractivity contribution in [3.63, 3.8) is 0 Å². The predicted octanol–water partition coefficient (Wildman–Crippen LogP) is 1.79. The van der Waals surface area contributed by atoms with Crippen LogP contribution < -0.4 is 16.6 Å². The fraction of sp³-hybridized carbons (Fsp3) is 0.130. The Labute approximate surface area is 182 Å². The third-order valence-corrected chi connectivity index (χ3v) is 4.88. The van der Waals surface area contributed by atoms with Crippen molar-refractivity contribution in [1.29, 1.82) is 0 Å². The number of hydrogen-bond donors (Lipinski definition) is 1. The molecule has 2 aliphatic rings. The molecule has 2 aliphatic heterocycles. The maximum Gasteiger partial charge on any atom is 0.352 e. The molecular formula is C23H19N5O4. The minimum absolute atomic E-state index is 0.0519. The molecule has 2 aromatic rings. The Kier molecular flexibility index (Phi) is 5.71. The summed E-state index contributed by atoms with van der Waals surface area (Å²) in [4.78, 5) is 57.7. The molecule has 9 nitrogen and oxygen atoms in total. The lowest BCUT2D eigenvalue weighted by atomic mass is 10.1. The zero-order valence-corrected chi connectivity index (χ0v) is 17.2. The molecule has 0 fully saturated rings. The number of pyridine rings is 2. The molecule has 0 saturated carbocycles. The molecule has 1 aromatic heterocycles. The van der Waals surface area contributed by atoms with Crippen LogP contribution >= 0.6 is 0 Å². The van der Waals surface area contributed by atoms with Gasteiger partial charge in [0.05, 0.1) is 12.1 Å². The largest absolute Gasteiger partial charge is 0.352 e. The summed E-state index contributed by atoms with van der Waals surface area (Å²) in [5.74, 6) is -0.381. The number of ketones is 1. The van der Waals surface area contributed by atoms with Crippen LogP contribution in [0.4, 0.5) is 5.69 Å². The van der Waals surface area contributed by atoms with Gasteiger partial charge >= 0.3 is 5.69 Å². The number of amides is 1. The van der Waals surface area contributed by atoms with E-state index in [9.17, 15) is 19.2 Å². The van der Waals surface area contributed by atoms with Gasteiger partial charge in [0, 0.05) is 29.8 Å². The summed E-state index contributed by atoms with van der Waals surface area (Å²) in [5.41, 5.74) is 0.673. The van der Waals surface area contributed by atoms with Gasteiger partial charge in [-0.1, -0.05) is 18.2 Å². The highest BCUT2D eigenvalue weighted by atomic mass is 16.2. The van der Waals surface area contributed by atoms with Crippen molar-refractivity contribution >= 4 is 17.4 Å². The van der Waals surface area contributed by atoms with E-state index in [2.05, 4.69) is 15.3 Å². The molecule has 4 rings (SSSR count). The maximum absolute atomic E-state index is 12.9. The standard InChI is InChI=1S/C23H19N5O4/c1-15(29)17-6-2-7-18(11-17)25-20(30)14-27-10-4-8-19-21(27)26-23(32)28(22(19)31)13-16-5-3-9-24-12-16/h2-12H,13-14H2,1H3,(H,25,30). The van der Waals surface area contributed by atoms with Crippen molar-refractivity contribution in [1.82, 2.24) is 19.1 Å². The van der Waals surface area contributed by atoms with E-state index in [-0.39, 0.29) is 30.3 Å². The minimum Gasteiger partial charge on any atom is -0.325 e. The lowest BCUT2D eigenvalue weighted by molar-refractivity contribution is -0.116. The summed E-state index contributed by atoms with van der Waals surface area (Å²) < 4.78 is 2.48. The normalized spacial score (nSPS) is 10.8. The van der Waals surface area contributed by atoms with Crippen LogP contribution in [0.15, 0.2) is 76.7 Å². The molecule has 1 aromatic carbocycles. The summed E-state index contributed by atoms with van der Waals surface area (Å²) in [5, 5.41) is 2.72. The fourth-order valence-corrected chi connectivity index (χ4v) is 3.33. The molecule has 9 heteroatoms. The Morgan fingerprint density at radius 1 is 1.06 bits per heavy atom. The quantitative estimate of drug-likeness (QED) is 0.467. The summed E-state index contributed by atoms with van der Waals surface area (Å²) in [6, 6.07) is 13.3. The summed E-state index contributed by atoms with van der Waals surface area (Å²) in [7, 11) is 0. The highest BCUT2D eigenvalue weighted by molar-refractivity contribution is 5.97. The molecule has 0 spiro atoms. The number of Topliss-reactive ketones (excluding diaryl/α,β-unsaturated/α-hetero) is 1. The Hall–Kier alpha value is -4.40. The van der Waals surface area contributed by atoms with Crippen molar-refractivity contribution in [3.8, 4) is 11.4 Å². The van der Waals surface area contributed by atoms with Gasteiger partial charge in [-0.15, -0.1) is 0 Å². The van der Waals surface area contributed by atoms with Gasteiger partial charge in [0.25, 0.3) is 5.56 Å². The number of carbonyl (C=O) groups is 2. The molecule has 0 saturated heterocycles. The van der Waals surface area contributed by atoms with Crippen LogP contribution in [0, 0.1) is 0 Å². The Morgan fingerprint density at radius 2 is 1.91 bits per heavy atom. The average molecular weight is 429 g/mol. The van der Waals surface area contributed by atoms with Crippen molar-refractivity contribution in [2.45, 2.75) is 20.0 Å². The van der Waals surface area contributed by atoms with E-state index >= 15 is 0 Å². The van der Waals surface area contributed by atoms with Gasteiger partial charge in [-0.05, 0) is 42.8 Å². The minimum atomic E-state index is -0.708. The fourth-order valence-electron chi connectivity index (χ4n) is 3.33. The van der Waals surface area contributed by atoms with E-state index < -0.39 is 17.2 Å². The van der Waals surface area contributed by atoms with Crippen LogP contribution in [0.25, 0.3) is 11.4 Å². The summed E-state index contributed by atoms with van der Waals surface area (Å²) in [6.45, 7) is 1.33. The summed E-state index contributed by atoms with van der Waals surface area (Å²) >= 11 is 0. The lowest BCUT2D eigenvalue weighted by Gasteiger charge is -2.15. The number of anilines is 1. The predicted molar refractivity (Wildman–Crippen MR) is 118 cm³/mol. The number of fused-ring (bicyclic) bond motifs is 1. The number of hydrogen-bond acceptors (Lipinski definition) is 6. The molecule has 160 valence electrons.